The fraction of sp³-hybridized carbons (Fsp3) is 0.562. The molecule has 1 aromatic carbocycles. The van der Waals surface area contributed by atoms with Crippen LogP contribution in [0.1, 0.15) is 48.0 Å². The molecule has 0 N–H and O–H groups in total. The first-order valence-electron chi connectivity index (χ1n) is 7.26. The van der Waals surface area contributed by atoms with Crippen LogP contribution in [0.15, 0.2) is 18.2 Å². The summed E-state index contributed by atoms with van der Waals surface area (Å²) in [6, 6.07) is 4.35. The van der Waals surface area contributed by atoms with E-state index in [0.717, 1.165) is 32.1 Å². The molecule has 4 heteroatoms. The Morgan fingerprint density at radius 3 is 2.50 bits per heavy atom. The van der Waals surface area contributed by atoms with E-state index in [0.29, 0.717) is 11.1 Å². The van der Waals surface area contributed by atoms with Gasteiger partial charge in [0, 0.05) is 32.8 Å². The molecule has 2 aliphatic rings. The van der Waals surface area contributed by atoms with Crippen LogP contribution in [-0.2, 0) is 10.8 Å². The predicted molar refractivity (Wildman–Crippen MR) is 77.8 cm³/mol. The summed E-state index contributed by atoms with van der Waals surface area (Å²) in [7, 11) is -0.751. The molecule has 2 saturated heterocycles. The highest BCUT2D eigenvalue weighted by Crippen LogP contribution is 2.38. The van der Waals surface area contributed by atoms with Crippen molar-refractivity contribution in [2.75, 3.05) is 0 Å². The molecule has 3 rings (SSSR count). The van der Waals surface area contributed by atoms with Gasteiger partial charge >= 0.3 is 0 Å². The summed E-state index contributed by atoms with van der Waals surface area (Å²) in [5, 5.41) is 0.384. The van der Waals surface area contributed by atoms with Crippen LogP contribution in [-0.4, -0.2) is 20.5 Å². The van der Waals surface area contributed by atoms with Crippen molar-refractivity contribution >= 4 is 16.6 Å². The predicted octanol–water partition coefficient (Wildman–Crippen LogP) is 3.40. The standard InChI is InChI=1S/C16H19FO2S/c1-10-7-12(17)5-6-15(10)16(18)11-8-13-3-2-4-14(9-11)20(13)19/h5-7,11,13-14H,2-4,8-9H2,1H3. The molecule has 20 heavy (non-hydrogen) atoms. The number of aryl methyl sites for hydroxylation is 1. The number of rotatable bonds is 2. The number of ketones is 1. The first kappa shape index (κ1) is 13.9. The van der Waals surface area contributed by atoms with Crippen molar-refractivity contribution in [1.82, 2.24) is 0 Å². The molecule has 0 spiro atoms. The van der Waals surface area contributed by atoms with Crippen LogP contribution in [0.2, 0.25) is 0 Å². The van der Waals surface area contributed by atoms with Crippen LogP contribution in [0, 0.1) is 18.7 Å². The summed E-state index contributed by atoms with van der Waals surface area (Å²) in [6.07, 6.45) is 4.57. The van der Waals surface area contributed by atoms with E-state index in [-0.39, 0.29) is 28.0 Å². The zero-order chi connectivity index (χ0) is 14.3. The highest BCUT2D eigenvalue weighted by molar-refractivity contribution is 7.86. The van der Waals surface area contributed by atoms with E-state index >= 15 is 0 Å². The summed E-state index contributed by atoms with van der Waals surface area (Å²) in [5.41, 5.74) is 1.33. The first-order chi connectivity index (χ1) is 9.56. The van der Waals surface area contributed by atoms with Crippen LogP contribution in [0.5, 0.6) is 0 Å². The van der Waals surface area contributed by atoms with Gasteiger partial charge in [0.1, 0.15) is 5.82 Å². The summed E-state index contributed by atoms with van der Waals surface area (Å²) in [5.74, 6) is -0.232. The van der Waals surface area contributed by atoms with E-state index in [4.69, 9.17) is 0 Å². The molecule has 2 atom stereocenters. The second-order valence-electron chi connectivity index (χ2n) is 6.00. The van der Waals surface area contributed by atoms with Gasteiger partial charge in [-0.2, -0.15) is 0 Å². The van der Waals surface area contributed by atoms with E-state index < -0.39 is 10.8 Å². The van der Waals surface area contributed by atoms with E-state index in [2.05, 4.69) is 0 Å². The summed E-state index contributed by atoms with van der Waals surface area (Å²) in [4.78, 5) is 12.6. The number of carbonyl (C=O) groups excluding carboxylic acids is 1. The Kier molecular flexibility index (Phi) is 3.76. The maximum Gasteiger partial charge on any atom is 0.166 e. The van der Waals surface area contributed by atoms with Gasteiger partial charge in [-0.15, -0.1) is 0 Å². The molecular formula is C16H19FO2S. The number of Topliss-reactive ketones (excluding diaryl/α,β-unsaturated/α-hetero) is 1. The van der Waals surface area contributed by atoms with Crippen molar-refractivity contribution in [2.45, 2.75) is 49.5 Å². The molecule has 2 unspecified atom stereocenters. The van der Waals surface area contributed by atoms with Crippen molar-refractivity contribution in [1.29, 1.82) is 0 Å². The van der Waals surface area contributed by atoms with E-state index in [1.807, 2.05) is 0 Å². The smallest absolute Gasteiger partial charge is 0.166 e. The molecule has 0 aliphatic carbocycles. The number of benzene rings is 1. The second-order valence-corrected chi connectivity index (χ2v) is 7.99. The van der Waals surface area contributed by atoms with Gasteiger partial charge < -0.3 is 0 Å². The average molecular weight is 294 g/mol. The fourth-order valence-corrected chi connectivity index (χ4v) is 5.76. The SMILES string of the molecule is Cc1cc(F)ccc1C(=O)C1CC2CCCC(C1)S2=O. The van der Waals surface area contributed by atoms with E-state index in [9.17, 15) is 13.4 Å². The van der Waals surface area contributed by atoms with Gasteiger partial charge in [0.2, 0.25) is 0 Å². The molecule has 0 saturated carbocycles. The molecule has 2 aliphatic heterocycles. The quantitative estimate of drug-likeness (QED) is 0.783. The fourth-order valence-electron chi connectivity index (χ4n) is 3.57. The van der Waals surface area contributed by atoms with Gasteiger partial charge in [0.25, 0.3) is 0 Å². The third-order valence-corrected chi connectivity index (χ3v) is 6.80. The Morgan fingerprint density at radius 1 is 1.25 bits per heavy atom. The number of fused-ring (bicyclic) bond motifs is 2. The molecule has 2 fully saturated rings. The van der Waals surface area contributed by atoms with Gasteiger partial charge in [-0.1, -0.05) is 6.42 Å². The van der Waals surface area contributed by atoms with Gasteiger partial charge in [0.05, 0.1) is 0 Å². The zero-order valence-electron chi connectivity index (χ0n) is 11.6. The molecule has 2 heterocycles. The third-order valence-electron chi connectivity index (χ3n) is 4.63. The van der Waals surface area contributed by atoms with Crippen molar-refractivity contribution in [2.24, 2.45) is 5.92 Å². The third kappa shape index (κ3) is 2.46. The van der Waals surface area contributed by atoms with Crippen LogP contribution in [0.25, 0.3) is 0 Å². The zero-order valence-corrected chi connectivity index (χ0v) is 12.4. The Labute approximate surface area is 121 Å². The molecular weight excluding hydrogens is 275 g/mol. The van der Waals surface area contributed by atoms with Crippen LogP contribution in [0.4, 0.5) is 4.39 Å². The second kappa shape index (κ2) is 5.40. The molecule has 108 valence electrons. The minimum atomic E-state index is -0.751. The topological polar surface area (TPSA) is 34.1 Å². The van der Waals surface area contributed by atoms with Gasteiger partial charge in [-0.05, 0) is 56.4 Å². The lowest BCUT2D eigenvalue weighted by molar-refractivity contribution is 0.0894. The largest absolute Gasteiger partial charge is 0.294 e. The molecule has 0 aromatic heterocycles. The number of hydrogen-bond acceptors (Lipinski definition) is 2. The lowest BCUT2D eigenvalue weighted by Gasteiger charge is -2.37. The Morgan fingerprint density at radius 2 is 1.90 bits per heavy atom. The Hall–Kier alpha value is -1.03. The summed E-state index contributed by atoms with van der Waals surface area (Å²) >= 11 is 0. The summed E-state index contributed by atoms with van der Waals surface area (Å²) in [6.45, 7) is 1.78. The maximum absolute atomic E-state index is 13.1. The lowest BCUT2D eigenvalue weighted by Crippen LogP contribution is -2.41. The maximum atomic E-state index is 13.1. The minimum Gasteiger partial charge on any atom is -0.294 e. The number of halogens is 1. The molecule has 1 aromatic rings. The molecule has 0 amide bonds. The molecule has 0 radical (unpaired) electrons. The van der Waals surface area contributed by atoms with Crippen LogP contribution >= 0.6 is 0 Å². The van der Waals surface area contributed by atoms with E-state index in [1.54, 1.807) is 13.0 Å². The molecule has 2 bridgehead atoms. The average Bonchev–Trinajstić information content (AvgIpc) is 2.37. The Balaban J connectivity index is 1.83. The van der Waals surface area contributed by atoms with Crippen molar-refractivity contribution in [3.8, 4) is 0 Å². The monoisotopic (exact) mass is 294 g/mol. The van der Waals surface area contributed by atoms with E-state index in [1.165, 1.54) is 12.1 Å². The normalized spacial score (nSPS) is 32.9. The van der Waals surface area contributed by atoms with Gasteiger partial charge in [0.15, 0.2) is 5.78 Å². The van der Waals surface area contributed by atoms with Gasteiger partial charge in [-0.3, -0.25) is 9.00 Å². The lowest BCUT2D eigenvalue weighted by atomic mass is 9.83. The number of carbonyl (C=O) groups is 1. The first-order valence-corrected chi connectivity index (χ1v) is 8.53. The van der Waals surface area contributed by atoms with Crippen LogP contribution < -0.4 is 0 Å². The Bertz CT molecular complexity index is 554. The highest BCUT2D eigenvalue weighted by Gasteiger charge is 2.40. The van der Waals surface area contributed by atoms with Crippen molar-refractivity contribution in [3.05, 3.63) is 35.1 Å². The van der Waals surface area contributed by atoms with Crippen molar-refractivity contribution in [3.63, 3.8) is 0 Å². The molecule has 2 nitrogen and oxygen atoms in total. The summed E-state index contributed by atoms with van der Waals surface area (Å²) < 4.78 is 25.3. The van der Waals surface area contributed by atoms with Gasteiger partial charge in [-0.25, -0.2) is 4.39 Å². The minimum absolute atomic E-state index is 0.0350. The highest BCUT2D eigenvalue weighted by atomic mass is 32.2. The number of hydrogen-bond donors (Lipinski definition) is 0. The van der Waals surface area contributed by atoms with Crippen molar-refractivity contribution < 1.29 is 13.4 Å². The van der Waals surface area contributed by atoms with Crippen LogP contribution in [0.3, 0.4) is 0 Å².